The van der Waals surface area contributed by atoms with E-state index >= 15 is 0 Å². The average molecular weight is 403 g/mol. The van der Waals surface area contributed by atoms with Crippen LogP contribution in [0.2, 0.25) is 0 Å². The zero-order valence-corrected chi connectivity index (χ0v) is 18.6. The number of rotatable bonds is 9. The largest absolute Gasteiger partial charge is 0.493 e. The molecule has 6 nitrogen and oxygen atoms in total. The van der Waals surface area contributed by atoms with Crippen molar-refractivity contribution in [2.75, 3.05) is 47.0 Å². The minimum Gasteiger partial charge on any atom is -0.493 e. The second-order valence-corrected chi connectivity index (χ2v) is 8.65. The normalized spacial score (nSPS) is 19.3. The molecule has 2 fully saturated rings. The zero-order chi connectivity index (χ0) is 20.7. The highest BCUT2D eigenvalue weighted by atomic mass is 16.5. The number of hydrogen-bond acceptors (Lipinski definition) is 4. The van der Waals surface area contributed by atoms with Gasteiger partial charge < -0.3 is 25.0 Å². The lowest BCUT2D eigenvalue weighted by molar-refractivity contribution is -0.00501. The molecule has 1 saturated heterocycles. The van der Waals surface area contributed by atoms with E-state index < -0.39 is 0 Å². The van der Waals surface area contributed by atoms with Crippen molar-refractivity contribution in [2.45, 2.75) is 51.6 Å². The van der Waals surface area contributed by atoms with Crippen LogP contribution in [-0.4, -0.2) is 63.4 Å². The Hall–Kier alpha value is -1.79. The highest BCUT2D eigenvalue weighted by molar-refractivity contribution is 5.79. The van der Waals surface area contributed by atoms with Gasteiger partial charge in [-0.1, -0.05) is 12.1 Å². The first-order chi connectivity index (χ1) is 14.0. The van der Waals surface area contributed by atoms with E-state index in [0.29, 0.717) is 6.54 Å². The Morgan fingerprint density at radius 1 is 1.24 bits per heavy atom. The lowest BCUT2D eigenvalue weighted by Gasteiger charge is -2.43. The lowest BCUT2D eigenvalue weighted by Crippen LogP contribution is -2.57. The van der Waals surface area contributed by atoms with Crippen molar-refractivity contribution in [2.24, 2.45) is 10.9 Å². The first kappa shape index (κ1) is 21.9. The first-order valence-electron chi connectivity index (χ1n) is 11.0. The van der Waals surface area contributed by atoms with Crippen molar-refractivity contribution < 1.29 is 9.47 Å². The molecule has 29 heavy (non-hydrogen) atoms. The number of ether oxygens (including phenoxy) is 2. The number of guanidine groups is 1. The van der Waals surface area contributed by atoms with Crippen molar-refractivity contribution in [1.82, 2.24) is 15.5 Å². The van der Waals surface area contributed by atoms with E-state index in [-0.39, 0.29) is 5.54 Å². The van der Waals surface area contributed by atoms with E-state index in [1.54, 1.807) is 0 Å². The Balaban J connectivity index is 1.65. The maximum atomic E-state index is 6.11. The molecule has 0 aromatic heterocycles. The van der Waals surface area contributed by atoms with Gasteiger partial charge in [0.1, 0.15) is 5.75 Å². The SMILES string of the molecule is CCNC(=NCc1ccc(C)cc1OCC1CC1)NCC1(N(C)C)CCOCC1. The topological polar surface area (TPSA) is 58.1 Å². The third-order valence-corrected chi connectivity index (χ3v) is 6.10. The summed E-state index contributed by atoms with van der Waals surface area (Å²) in [7, 11) is 4.32. The van der Waals surface area contributed by atoms with Gasteiger partial charge in [-0.15, -0.1) is 0 Å². The molecule has 3 rings (SSSR count). The van der Waals surface area contributed by atoms with Crippen molar-refractivity contribution in [3.8, 4) is 5.75 Å². The van der Waals surface area contributed by atoms with Crippen LogP contribution < -0.4 is 15.4 Å². The summed E-state index contributed by atoms with van der Waals surface area (Å²) in [5.41, 5.74) is 2.47. The fraction of sp³-hybridized carbons (Fsp3) is 0.696. The Morgan fingerprint density at radius 3 is 2.66 bits per heavy atom. The van der Waals surface area contributed by atoms with E-state index in [4.69, 9.17) is 14.5 Å². The number of aryl methyl sites for hydroxylation is 1. The van der Waals surface area contributed by atoms with Gasteiger partial charge in [0.05, 0.1) is 13.2 Å². The number of likely N-dealkylation sites (N-methyl/N-ethyl adjacent to an activating group) is 1. The van der Waals surface area contributed by atoms with Gasteiger partial charge in [-0.25, -0.2) is 4.99 Å². The molecule has 6 heteroatoms. The summed E-state index contributed by atoms with van der Waals surface area (Å²) in [6, 6.07) is 6.42. The molecule has 1 aromatic carbocycles. The molecule has 2 aliphatic rings. The van der Waals surface area contributed by atoms with E-state index in [1.807, 2.05) is 0 Å². The van der Waals surface area contributed by atoms with E-state index in [9.17, 15) is 0 Å². The van der Waals surface area contributed by atoms with Crippen LogP contribution in [0.4, 0.5) is 0 Å². The summed E-state index contributed by atoms with van der Waals surface area (Å²) < 4.78 is 11.7. The summed E-state index contributed by atoms with van der Waals surface area (Å²) in [5.74, 6) is 2.58. The fourth-order valence-corrected chi connectivity index (χ4v) is 3.71. The van der Waals surface area contributed by atoms with Gasteiger partial charge in [0.15, 0.2) is 5.96 Å². The monoisotopic (exact) mass is 402 g/mol. The van der Waals surface area contributed by atoms with E-state index in [2.05, 4.69) is 61.7 Å². The Labute approximate surface area is 176 Å². The third-order valence-electron chi connectivity index (χ3n) is 6.10. The van der Waals surface area contributed by atoms with Gasteiger partial charge in [0.25, 0.3) is 0 Å². The van der Waals surface area contributed by atoms with Crippen LogP contribution in [0.3, 0.4) is 0 Å². The van der Waals surface area contributed by atoms with Gasteiger partial charge in [0, 0.05) is 37.4 Å². The van der Waals surface area contributed by atoms with Gasteiger partial charge >= 0.3 is 0 Å². The van der Waals surface area contributed by atoms with E-state index in [0.717, 1.165) is 68.9 Å². The van der Waals surface area contributed by atoms with E-state index in [1.165, 1.54) is 18.4 Å². The molecule has 0 amide bonds. The van der Waals surface area contributed by atoms with Gasteiger partial charge in [-0.2, -0.15) is 0 Å². The fourth-order valence-electron chi connectivity index (χ4n) is 3.71. The minimum absolute atomic E-state index is 0.108. The Morgan fingerprint density at radius 2 is 2.00 bits per heavy atom. The number of nitrogens with one attached hydrogen (secondary N) is 2. The number of benzene rings is 1. The molecule has 162 valence electrons. The Bertz CT molecular complexity index is 679. The number of nitrogens with zero attached hydrogens (tertiary/aromatic N) is 2. The summed E-state index contributed by atoms with van der Waals surface area (Å²) in [4.78, 5) is 7.19. The van der Waals surface area contributed by atoms with Crippen LogP contribution in [0.5, 0.6) is 5.75 Å². The van der Waals surface area contributed by atoms with Crippen LogP contribution in [0, 0.1) is 12.8 Å². The molecule has 1 aromatic rings. The van der Waals surface area contributed by atoms with Gasteiger partial charge in [-0.05, 0) is 71.2 Å². The predicted molar refractivity (Wildman–Crippen MR) is 119 cm³/mol. The summed E-state index contributed by atoms with van der Waals surface area (Å²) in [6.45, 7) is 8.97. The lowest BCUT2D eigenvalue weighted by atomic mass is 9.88. The molecule has 0 atom stereocenters. The zero-order valence-electron chi connectivity index (χ0n) is 18.6. The second-order valence-electron chi connectivity index (χ2n) is 8.65. The molecule has 0 unspecified atom stereocenters. The van der Waals surface area contributed by atoms with Gasteiger partial charge in [0.2, 0.25) is 0 Å². The minimum atomic E-state index is 0.108. The molecular weight excluding hydrogens is 364 g/mol. The van der Waals surface area contributed by atoms with Crippen LogP contribution in [0.15, 0.2) is 23.2 Å². The van der Waals surface area contributed by atoms with Crippen molar-refractivity contribution >= 4 is 5.96 Å². The summed E-state index contributed by atoms with van der Waals surface area (Å²) >= 11 is 0. The molecule has 0 radical (unpaired) electrons. The highest BCUT2D eigenvalue weighted by Crippen LogP contribution is 2.31. The van der Waals surface area contributed by atoms with Crippen LogP contribution >= 0.6 is 0 Å². The number of hydrogen-bond donors (Lipinski definition) is 2. The maximum absolute atomic E-state index is 6.11. The number of aliphatic imine (C=N–C) groups is 1. The molecule has 1 aliphatic carbocycles. The molecule has 2 N–H and O–H groups in total. The van der Waals surface area contributed by atoms with Crippen molar-refractivity contribution in [3.63, 3.8) is 0 Å². The Kier molecular flexibility index (Phi) is 7.78. The maximum Gasteiger partial charge on any atom is 0.191 e. The molecule has 1 saturated carbocycles. The van der Waals surface area contributed by atoms with Crippen LogP contribution in [-0.2, 0) is 11.3 Å². The molecule has 0 bridgehead atoms. The summed E-state index contributed by atoms with van der Waals surface area (Å²) in [5, 5.41) is 6.96. The van der Waals surface area contributed by atoms with Crippen molar-refractivity contribution in [1.29, 1.82) is 0 Å². The smallest absolute Gasteiger partial charge is 0.191 e. The first-order valence-corrected chi connectivity index (χ1v) is 11.0. The van der Waals surface area contributed by atoms with Crippen LogP contribution in [0.25, 0.3) is 0 Å². The molecular formula is C23H38N4O2. The highest BCUT2D eigenvalue weighted by Gasteiger charge is 2.34. The quantitative estimate of drug-likeness (QED) is 0.491. The van der Waals surface area contributed by atoms with Gasteiger partial charge in [-0.3, -0.25) is 0 Å². The molecule has 1 aliphatic heterocycles. The molecule has 1 heterocycles. The predicted octanol–water partition coefficient (Wildman–Crippen LogP) is 2.95. The standard InChI is InChI=1S/C23H38N4O2/c1-5-24-22(26-17-23(27(3)4)10-12-28-13-11-23)25-15-20-9-6-18(2)14-21(20)29-16-19-7-8-19/h6,9,14,19H,5,7-8,10-13,15-17H2,1-4H3,(H2,24,25,26). The van der Waals surface area contributed by atoms with Crippen LogP contribution in [0.1, 0.15) is 43.7 Å². The third kappa shape index (κ3) is 6.34. The summed E-state index contributed by atoms with van der Waals surface area (Å²) in [6.07, 6.45) is 4.66. The van der Waals surface area contributed by atoms with Crippen molar-refractivity contribution in [3.05, 3.63) is 29.3 Å². The second kappa shape index (κ2) is 10.3. The molecule has 0 spiro atoms. The average Bonchev–Trinajstić information content (AvgIpc) is 3.54.